The van der Waals surface area contributed by atoms with Crippen LogP contribution in [0, 0.1) is 0 Å². The number of ketones is 1. The minimum atomic E-state index is 0.105. The van der Waals surface area contributed by atoms with Gasteiger partial charge in [-0.1, -0.05) is 12.1 Å². The van der Waals surface area contributed by atoms with Crippen LogP contribution in [0.3, 0.4) is 0 Å². The standard InChI is InChI=1S/C13H14N2OS/c1-10(16)11-4-3-5-13(6-11)17-8-12-7-14-9-15(12)2/h3-7,9H,8H2,1-2H3. The van der Waals surface area contributed by atoms with E-state index in [4.69, 9.17) is 0 Å². The molecule has 2 aromatic rings. The van der Waals surface area contributed by atoms with Gasteiger partial charge in [0.1, 0.15) is 0 Å². The Kier molecular flexibility index (Phi) is 3.64. The maximum atomic E-state index is 11.3. The van der Waals surface area contributed by atoms with Crippen LogP contribution < -0.4 is 0 Å². The Morgan fingerprint density at radius 3 is 2.94 bits per heavy atom. The SMILES string of the molecule is CC(=O)c1cccc(SCc2cncn2C)c1. The zero-order valence-electron chi connectivity index (χ0n) is 9.88. The summed E-state index contributed by atoms with van der Waals surface area (Å²) < 4.78 is 2.00. The predicted molar refractivity (Wildman–Crippen MR) is 69.2 cm³/mol. The Bertz CT molecular complexity index is 534. The number of aryl methyl sites for hydroxylation is 1. The summed E-state index contributed by atoms with van der Waals surface area (Å²) >= 11 is 1.71. The molecule has 2 rings (SSSR count). The van der Waals surface area contributed by atoms with Gasteiger partial charge in [0, 0.05) is 35.2 Å². The minimum Gasteiger partial charge on any atom is -0.337 e. The highest BCUT2D eigenvalue weighted by molar-refractivity contribution is 7.98. The number of nitrogens with zero attached hydrogens (tertiary/aromatic N) is 2. The summed E-state index contributed by atoms with van der Waals surface area (Å²) in [6, 6.07) is 7.72. The van der Waals surface area contributed by atoms with E-state index in [2.05, 4.69) is 4.98 Å². The number of Topliss-reactive ketones (excluding diaryl/α,β-unsaturated/α-hetero) is 1. The molecule has 17 heavy (non-hydrogen) atoms. The largest absolute Gasteiger partial charge is 0.337 e. The maximum absolute atomic E-state index is 11.3. The van der Waals surface area contributed by atoms with Crippen molar-refractivity contribution in [3.8, 4) is 0 Å². The molecular weight excluding hydrogens is 232 g/mol. The molecule has 0 unspecified atom stereocenters. The van der Waals surface area contributed by atoms with Gasteiger partial charge in [-0.2, -0.15) is 0 Å². The molecule has 0 amide bonds. The average molecular weight is 246 g/mol. The van der Waals surface area contributed by atoms with Crippen molar-refractivity contribution in [2.45, 2.75) is 17.6 Å². The van der Waals surface area contributed by atoms with E-state index in [1.807, 2.05) is 42.1 Å². The Balaban J connectivity index is 2.07. The van der Waals surface area contributed by atoms with Crippen LogP contribution in [0.25, 0.3) is 0 Å². The molecule has 0 aliphatic rings. The summed E-state index contributed by atoms with van der Waals surface area (Å²) in [4.78, 5) is 16.4. The van der Waals surface area contributed by atoms with E-state index in [9.17, 15) is 4.79 Å². The van der Waals surface area contributed by atoms with E-state index in [-0.39, 0.29) is 5.78 Å². The number of thioether (sulfide) groups is 1. The summed E-state index contributed by atoms with van der Waals surface area (Å²) in [5.41, 5.74) is 1.93. The van der Waals surface area contributed by atoms with Gasteiger partial charge in [-0.25, -0.2) is 4.98 Å². The van der Waals surface area contributed by atoms with Crippen molar-refractivity contribution in [2.75, 3.05) is 0 Å². The second-order valence-electron chi connectivity index (χ2n) is 3.87. The molecule has 0 N–H and O–H groups in total. The van der Waals surface area contributed by atoms with E-state index >= 15 is 0 Å². The molecule has 0 radical (unpaired) electrons. The quantitative estimate of drug-likeness (QED) is 0.614. The number of imidazole rings is 1. The molecular formula is C13H14N2OS. The van der Waals surface area contributed by atoms with Crippen LogP contribution in [-0.4, -0.2) is 15.3 Å². The number of rotatable bonds is 4. The van der Waals surface area contributed by atoms with Crippen molar-refractivity contribution in [3.63, 3.8) is 0 Å². The van der Waals surface area contributed by atoms with Gasteiger partial charge in [0.05, 0.1) is 6.33 Å². The first-order valence-electron chi connectivity index (χ1n) is 5.36. The van der Waals surface area contributed by atoms with Crippen molar-refractivity contribution in [3.05, 3.63) is 48.0 Å². The van der Waals surface area contributed by atoms with Crippen LogP contribution in [0.15, 0.2) is 41.7 Å². The molecule has 88 valence electrons. The first-order chi connectivity index (χ1) is 8.16. The van der Waals surface area contributed by atoms with Crippen molar-refractivity contribution >= 4 is 17.5 Å². The van der Waals surface area contributed by atoms with Gasteiger partial charge < -0.3 is 4.57 Å². The van der Waals surface area contributed by atoms with Crippen molar-refractivity contribution < 1.29 is 4.79 Å². The lowest BCUT2D eigenvalue weighted by Gasteiger charge is -2.04. The lowest BCUT2D eigenvalue weighted by Crippen LogP contribution is -1.93. The third kappa shape index (κ3) is 2.97. The zero-order chi connectivity index (χ0) is 12.3. The minimum absolute atomic E-state index is 0.105. The Hall–Kier alpha value is -1.55. The molecule has 0 fully saturated rings. The number of aromatic nitrogens is 2. The highest BCUT2D eigenvalue weighted by atomic mass is 32.2. The molecule has 3 nitrogen and oxygen atoms in total. The molecule has 1 aromatic heterocycles. The molecule has 0 aliphatic heterocycles. The molecule has 1 heterocycles. The second kappa shape index (κ2) is 5.19. The highest BCUT2D eigenvalue weighted by Gasteiger charge is 2.03. The third-order valence-corrected chi connectivity index (χ3v) is 3.57. The van der Waals surface area contributed by atoms with Gasteiger partial charge in [-0.3, -0.25) is 4.79 Å². The Labute approximate surface area is 105 Å². The molecule has 0 spiro atoms. The molecule has 4 heteroatoms. The number of hydrogen-bond donors (Lipinski definition) is 0. The number of benzene rings is 1. The van der Waals surface area contributed by atoms with Gasteiger partial charge in [0.25, 0.3) is 0 Å². The first-order valence-corrected chi connectivity index (χ1v) is 6.34. The zero-order valence-corrected chi connectivity index (χ0v) is 10.7. The normalized spacial score (nSPS) is 10.5. The fraction of sp³-hybridized carbons (Fsp3) is 0.231. The van der Waals surface area contributed by atoms with Crippen LogP contribution >= 0.6 is 11.8 Å². The maximum Gasteiger partial charge on any atom is 0.159 e. The van der Waals surface area contributed by atoms with Gasteiger partial charge in [0.2, 0.25) is 0 Å². The van der Waals surface area contributed by atoms with Crippen molar-refractivity contribution in [2.24, 2.45) is 7.05 Å². The third-order valence-electron chi connectivity index (χ3n) is 2.54. The fourth-order valence-electron chi connectivity index (χ4n) is 1.49. The van der Waals surface area contributed by atoms with Crippen molar-refractivity contribution in [1.29, 1.82) is 0 Å². The second-order valence-corrected chi connectivity index (χ2v) is 4.92. The van der Waals surface area contributed by atoms with Gasteiger partial charge in [-0.05, 0) is 19.1 Å². The summed E-state index contributed by atoms with van der Waals surface area (Å²) in [5, 5.41) is 0. The molecule has 0 saturated heterocycles. The predicted octanol–water partition coefficient (Wildman–Crippen LogP) is 2.92. The molecule has 1 aromatic carbocycles. The van der Waals surface area contributed by atoms with Crippen LogP contribution in [0.4, 0.5) is 0 Å². The fourth-order valence-corrected chi connectivity index (χ4v) is 2.46. The molecule has 0 atom stereocenters. The van der Waals surface area contributed by atoms with E-state index in [0.29, 0.717) is 0 Å². The van der Waals surface area contributed by atoms with Crippen LogP contribution in [0.2, 0.25) is 0 Å². The van der Waals surface area contributed by atoms with E-state index in [0.717, 1.165) is 16.2 Å². The van der Waals surface area contributed by atoms with Crippen molar-refractivity contribution in [1.82, 2.24) is 9.55 Å². The Morgan fingerprint density at radius 1 is 1.47 bits per heavy atom. The summed E-state index contributed by atoms with van der Waals surface area (Å²) in [6.45, 7) is 1.59. The van der Waals surface area contributed by atoms with E-state index < -0.39 is 0 Å². The summed E-state index contributed by atoms with van der Waals surface area (Å²) in [5.74, 6) is 0.964. The monoisotopic (exact) mass is 246 g/mol. The van der Waals surface area contributed by atoms with Crippen LogP contribution in [-0.2, 0) is 12.8 Å². The topological polar surface area (TPSA) is 34.9 Å². The summed E-state index contributed by atoms with van der Waals surface area (Å²) in [6.07, 6.45) is 3.66. The van der Waals surface area contributed by atoms with Gasteiger partial charge >= 0.3 is 0 Å². The first kappa shape index (κ1) is 11.9. The average Bonchev–Trinajstić information content (AvgIpc) is 2.72. The van der Waals surface area contributed by atoms with Gasteiger partial charge in [0.15, 0.2) is 5.78 Å². The number of carbonyl (C=O) groups is 1. The lowest BCUT2D eigenvalue weighted by molar-refractivity contribution is 0.101. The molecule has 0 aliphatic carbocycles. The number of hydrogen-bond acceptors (Lipinski definition) is 3. The van der Waals surface area contributed by atoms with E-state index in [1.165, 1.54) is 5.69 Å². The number of carbonyl (C=O) groups excluding carboxylic acids is 1. The lowest BCUT2D eigenvalue weighted by atomic mass is 10.2. The Morgan fingerprint density at radius 2 is 2.29 bits per heavy atom. The smallest absolute Gasteiger partial charge is 0.159 e. The van der Waals surface area contributed by atoms with Crippen LogP contribution in [0.1, 0.15) is 23.0 Å². The van der Waals surface area contributed by atoms with Crippen LogP contribution in [0.5, 0.6) is 0 Å². The highest BCUT2D eigenvalue weighted by Crippen LogP contribution is 2.23. The van der Waals surface area contributed by atoms with Gasteiger partial charge in [-0.15, -0.1) is 11.8 Å². The molecule has 0 saturated carbocycles. The molecule has 0 bridgehead atoms. The summed E-state index contributed by atoms with van der Waals surface area (Å²) in [7, 11) is 1.98. The van der Waals surface area contributed by atoms with E-state index in [1.54, 1.807) is 25.0 Å².